The van der Waals surface area contributed by atoms with E-state index in [0.717, 1.165) is 29.1 Å². The van der Waals surface area contributed by atoms with Crippen LogP contribution in [0.1, 0.15) is 49.3 Å². The Bertz CT molecular complexity index is 709. The molecule has 0 saturated heterocycles. The number of aryl methyl sites for hydroxylation is 2. The maximum atomic E-state index is 10.7. The Kier molecular flexibility index (Phi) is 9.25. The van der Waals surface area contributed by atoms with Crippen LogP contribution in [0.15, 0.2) is 39.8 Å². The van der Waals surface area contributed by atoms with E-state index in [9.17, 15) is 5.11 Å². The Morgan fingerprint density at radius 3 is 2.48 bits per heavy atom. The van der Waals surface area contributed by atoms with Crippen molar-refractivity contribution in [2.45, 2.75) is 46.1 Å². The van der Waals surface area contributed by atoms with E-state index in [1.807, 2.05) is 51.1 Å². The van der Waals surface area contributed by atoms with Crippen molar-refractivity contribution in [3.63, 3.8) is 0 Å². The number of benzene rings is 1. The van der Waals surface area contributed by atoms with Gasteiger partial charge in [-0.1, -0.05) is 42.4 Å². The number of halogens is 1. The lowest BCUT2D eigenvalue weighted by atomic mass is 9.96. The summed E-state index contributed by atoms with van der Waals surface area (Å²) in [5, 5.41) is 21.3. The molecule has 2 atom stereocenters. The molecule has 0 amide bonds. The van der Waals surface area contributed by atoms with E-state index in [2.05, 4.69) is 27.7 Å². The molecule has 0 aliphatic rings. The zero-order valence-corrected chi connectivity index (χ0v) is 19.1. The minimum absolute atomic E-state index is 0. The molecular weight excluding hydrogens is 455 g/mol. The van der Waals surface area contributed by atoms with Gasteiger partial charge in [0.2, 0.25) is 0 Å². The first-order valence-corrected chi connectivity index (χ1v) is 9.08. The average molecular weight is 486 g/mol. The summed E-state index contributed by atoms with van der Waals surface area (Å²) < 4.78 is 5.26. The van der Waals surface area contributed by atoms with E-state index in [0.29, 0.717) is 12.5 Å². The second-order valence-electron chi connectivity index (χ2n) is 6.85. The van der Waals surface area contributed by atoms with Gasteiger partial charge in [0, 0.05) is 24.6 Å². The second-order valence-corrected chi connectivity index (χ2v) is 6.85. The van der Waals surface area contributed by atoms with Crippen LogP contribution in [-0.2, 0) is 5.60 Å². The van der Waals surface area contributed by atoms with E-state index in [-0.39, 0.29) is 36.4 Å². The monoisotopic (exact) mass is 486 g/mol. The van der Waals surface area contributed by atoms with Gasteiger partial charge in [-0.3, -0.25) is 0 Å². The Hall–Kier alpha value is -1.61. The standard InChI is InChI=1S/C20H30N4O2.HI/c1-6-21-19(22-12-14(2)18-15(3)24-26-16(18)4)23-13-20(5,25)17-10-8-7-9-11-17;/h7-11,14,25H,6,12-13H2,1-5H3,(H2,21,22,23);1H. The molecule has 150 valence electrons. The molecule has 6 nitrogen and oxygen atoms in total. The minimum atomic E-state index is -1.02. The maximum Gasteiger partial charge on any atom is 0.191 e. The van der Waals surface area contributed by atoms with Crippen LogP contribution in [0, 0.1) is 13.8 Å². The lowest BCUT2D eigenvalue weighted by Gasteiger charge is -2.23. The van der Waals surface area contributed by atoms with Gasteiger partial charge in [0.05, 0.1) is 12.2 Å². The summed E-state index contributed by atoms with van der Waals surface area (Å²) in [6.45, 7) is 11.5. The number of nitrogens with one attached hydrogen (secondary N) is 2. The van der Waals surface area contributed by atoms with Crippen molar-refractivity contribution >= 4 is 29.9 Å². The van der Waals surface area contributed by atoms with Crippen LogP contribution in [0.5, 0.6) is 0 Å². The molecule has 1 aromatic heterocycles. The summed E-state index contributed by atoms with van der Waals surface area (Å²) in [6.07, 6.45) is 0. The Labute approximate surface area is 178 Å². The van der Waals surface area contributed by atoms with Gasteiger partial charge in [-0.25, -0.2) is 4.99 Å². The third-order valence-electron chi connectivity index (χ3n) is 4.44. The topological polar surface area (TPSA) is 82.7 Å². The van der Waals surface area contributed by atoms with Crippen molar-refractivity contribution < 1.29 is 9.63 Å². The van der Waals surface area contributed by atoms with E-state index < -0.39 is 5.60 Å². The molecule has 0 aliphatic carbocycles. The summed E-state index contributed by atoms with van der Waals surface area (Å²) in [6, 6.07) is 9.60. The maximum absolute atomic E-state index is 10.7. The second kappa shape index (κ2) is 10.7. The SMILES string of the molecule is CCNC(=NCC(C)(O)c1ccccc1)NCC(C)c1c(C)noc1C.I. The van der Waals surface area contributed by atoms with Crippen molar-refractivity contribution in [3.05, 3.63) is 52.9 Å². The minimum Gasteiger partial charge on any atom is -0.384 e. The molecule has 3 N–H and O–H groups in total. The van der Waals surface area contributed by atoms with Gasteiger partial charge in [0.25, 0.3) is 0 Å². The highest BCUT2D eigenvalue weighted by Gasteiger charge is 2.23. The summed E-state index contributed by atoms with van der Waals surface area (Å²) in [5.74, 6) is 1.77. The van der Waals surface area contributed by atoms with E-state index in [1.165, 1.54) is 0 Å². The third-order valence-corrected chi connectivity index (χ3v) is 4.44. The van der Waals surface area contributed by atoms with Gasteiger partial charge in [-0.15, -0.1) is 24.0 Å². The van der Waals surface area contributed by atoms with Gasteiger partial charge in [0.1, 0.15) is 11.4 Å². The van der Waals surface area contributed by atoms with E-state index in [4.69, 9.17) is 4.52 Å². The third kappa shape index (κ3) is 6.49. The van der Waals surface area contributed by atoms with Gasteiger partial charge in [-0.2, -0.15) is 0 Å². The van der Waals surface area contributed by atoms with Crippen molar-refractivity contribution in [1.82, 2.24) is 15.8 Å². The Balaban J connectivity index is 0.00000364. The fourth-order valence-corrected chi connectivity index (χ4v) is 3.01. The first kappa shape index (κ1) is 23.4. The zero-order chi connectivity index (χ0) is 19.2. The largest absolute Gasteiger partial charge is 0.384 e. The zero-order valence-electron chi connectivity index (χ0n) is 16.7. The van der Waals surface area contributed by atoms with Crippen molar-refractivity contribution in [2.24, 2.45) is 4.99 Å². The molecule has 2 unspecified atom stereocenters. The molecule has 0 saturated carbocycles. The van der Waals surface area contributed by atoms with Gasteiger partial charge in [0.15, 0.2) is 5.96 Å². The molecule has 27 heavy (non-hydrogen) atoms. The first-order valence-electron chi connectivity index (χ1n) is 9.08. The number of aromatic nitrogens is 1. The number of aliphatic imine (C=N–C) groups is 1. The number of hydrogen-bond acceptors (Lipinski definition) is 4. The Morgan fingerprint density at radius 1 is 1.26 bits per heavy atom. The average Bonchev–Trinajstić information content (AvgIpc) is 2.96. The van der Waals surface area contributed by atoms with Crippen LogP contribution in [0.25, 0.3) is 0 Å². The van der Waals surface area contributed by atoms with Gasteiger partial charge < -0.3 is 20.3 Å². The molecular formula is C20H31IN4O2. The highest BCUT2D eigenvalue weighted by molar-refractivity contribution is 14.0. The van der Waals surface area contributed by atoms with Crippen molar-refractivity contribution in [3.8, 4) is 0 Å². The summed E-state index contributed by atoms with van der Waals surface area (Å²) in [5.41, 5.74) is 1.88. The van der Waals surface area contributed by atoms with E-state index in [1.54, 1.807) is 6.92 Å². The summed E-state index contributed by atoms with van der Waals surface area (Å²) in [7, 11) is 0. The molecule has 1 heterocycles. The molecule has 2 aromatic rings. The number of nitrogens with zero attached hydrogens (tertiary/aromatic N) is 2. The molecule has 0 spiro atoms. The van der Waals surface area contributed by atoms with Crippen LogP contribution in [0.2, 0.25) is 0 Å². The molecule has 7 heteroatoms. The van der Waals surface area contributed by atoms with Crippen molar-refractivity contribution in [2.75, 3.05) is 19.6 Å². The molecule has 1 aromatic carbocycles. The quantitative estimate of drug-likeness (QED) is 0.317. The van der Waals surface area contributed by atoms with E-state index >= 15 is 0 Å². The first-order chi connectivity index (χ1) is 12.3. The lowest BCUT2D eigenvalue weighted by Crippen LogP contribution is -2.40. The van der Waals surface area contributed by atoms with Crippen LogP contribution in [0.3, 0.4) is 0 Å². The summed E-state index contributed by atoms with van der Waals surface area (Å²) in [4.78, 5) is 4.57. The van der Waals surface area contributed by atoms with Gasteiger partial charge >= 0.3 is 0 Å². The smallest absolute Gasteiger partial charge is 0.191 e. The summed E-state index contributed by atoms with van der Waals surface area (Å²) >= 11 is 0. The highest BCUT2D eigenvalue weighted by atomic mass is 127. The predicted molar refractivity (Wildman–Crippen MR) is 120 cm³/mol. The molecule has 0 aliphatic heterocycles. The predicted octanol–water partition coefficient (Wildman–Crippen LogP) is 3.48. The molecule has 0 fully saturated rings. The number of rotatable bonds is 7. The highest BCUT2D eigenvalue weighted by Crippen LogP contribution is 2.22. The number of aliphatic hydroxyl groups is 1. The van der Waals surface area contributed by atoms with Crippen LogP contribution in [-0.4, -0.2) is 35.9 Å². The van der Waals surface area contributed by atoms with Crippen LogP contribution >= 0.6 is 24.0 Å². The fourth-order valence-electron chi connectivity index (χ4n) is 3.01. The molecule has 2 rings (SSSR count). The normalized spacial score (nSPS) is 14.8. The fraction of sp³-hybridized carbons (Fsp3) is 0.500. The number of hydrogen-bond donors (Lipinski definition) is 3. The molecule has 0 radical (unpaired) electrons. The van der Waals surface area contributed by atoms with Gasteiger partial charge in [-0.05, 0) is 33.3 Å². The molecule has 0 bridgehead atoms. The Morgan fingerprint density at radius 2 is 1.93 bits per heavy atom. The van der Waals surface area contributed by atoms with Crippen LogP contribution < -0.4 is 10.6 Å². The lowest BCUT2D eigenvalue weighted by molar-refractivity contribution is 0.0672. The van der Waals surface area contributed by atoms with Crippen LogP contribution in [0.4, 0.5) is 0 Å². The van der Waals surface area contributed by atoms with Crippen molar-refractivity contribution in [1.29, 1.82) is 0 Å². The number of guanidine groups is 1.